The lowest BCUT2D eigenvalue weighted by Crippen LogP contribution is -2.25. The van der Waals surface area contributed by atoms with E-state index >= 15 is 0 Å². The molecule has 0 radical (unpaired) electrons. The molecule has 0 aliphatic rings. The predicted molar refractivity (Wildman–Crippen MR) is 112 cm³/mol. The van der Waals surface area contributed by atoms with Crippen molar-refractivity contribution in [3.63, 3.8) is 0 Å². The molecule has 1 amide bonds. The van der Waals surface area contributed by atoms with Crippen LogP contribution >= 0.6 is 0 Å². The highest BCUT2D eigenvalue weighted by atomic mass is 32.2. The van der Waals surface area contributed by atoms with Gasteiger partial charge in [0.25, 0.3) is 5.91 Å². The van der Waals surface area contributed by atoms with Gasteiger partial charge in [-0.05, 0) is 42.8 Å². The first kappa shape index (κ1) is 23.5. The van der Waals surface area contributed by atoms with E-state index in [0.29, 0.717) is 41.5 Å². The number of carbonyl (C=O) groups excluding carboxylic acids is 1. The Labute approximate surface area is 176 Å². The van der Waals surface area contributed by atoms with Gasteiger partial charge in [-0.25, -0.2) is 13.1 Å². The molecular weight excluding hydrogens is 412 g/mol. The second-order valence-electron chi connectivity index (χ2n) is 6.14. The number of amides is 1. The number of ether oxygens (including phenoxy) is 4. The zero-order chi connectivity index (χ0) is 22.1. The Morgan fingerprint density at radius 3 is 2.03 bits per heavy atom. The third-order valence-corrected chi connectivity index (χ3v) is 5.64. The van der Waals surface area contributed by atoms with E-state index in [-0.39, 0.29) is 11.4 Å². The number of carbonyl (C=O) groups is 1. The van der Waals surface area contributed by atoms with E-state index in [4.69, 9.17) is 18.9 Å². The van der Waals surface area contributed by atoms with Gasteiger partial charge in [-0.15, -0.1) is 0 Å². The molecule has 0 fully saturated rings. The molecule has 0 heterocycles. The van der Waals surface area contributed by atoms with Crippen LogP contribution in [0.15, 0.2) is 41.3 Å². The molecule has 0 spiro atoms. The summed E-state index contributed by atoms with van der Waals surface area (Å²) < 4.78 is 47.7. The van der Waals surface area contributed by atoms with Crippen molar-refractivity contribution in [2.75, 3.05) is 46.9 Å². The zero-order valence-corrected chi connectivity index (χ0v) is 18.2. The van der Waals surface area contributed by atoms with Crippen molar-refractivity contribution < 1.29 is 32.2 Å². The summed E-state index contributed by atoms with van der Waals surface area (Å²) >= 11 is 0. The number of sulfonamides is 1. The van der Waals surface area contributed by atoms with E-state index in [0.717, 1.165) is 0 Å². The van der Waals surface area contributed by atoms with Crippen molar-refractivity contribution in [2.24, 2.45) is 0 Å². The summed E-state index contributed by atoms with van der Waals surface area (Å²) in [5.74, 6) is 0.664. The maximum absolute atomic E-state index is 12.6. The fraction of sp³-hybridized carbons (Fsp3) is 0.350. The fourth-order valence-corrected chi connectivity index (χ4v) is 3.71. The van der Waals surface area contributed by atoms with Crippen LogP contribution in [0.1, 0.15) is 16.8 Å². The molecule has 0 aromatic heterocycles. The minimum absolute atomic E-state index is 0.103. The van der Waals surface area contributed by atoms with Gasteiger partial charge in [0.1, 0.15) is 0 Å². The van der Waals surface area contributed by atoms with Crippen molar-refractivity contribution >= 4 is 21.6 Å². The van der Waals surface area contributed by atoms with Crippen LogP contribution in [0.5, 0.6) is 17.2 Å². The first-order valence-corrected chi connectivity index (χ1v) is 10.5. The Hall–Kier alpha value is -2.82. The Morgan fingerprint density at radius 1 is 0.933 bits per heavy atom. The fourth-order valence-electron chi connectivity index (χ4n) is 2.64. The van der Waals surface area contributed by atoms with Gasteiger partial charge in [-0.2, -0.15) is 0 Å². The Kier molecular flexibility index (Phi) is 8.46. The third-order valence-electron chi connectivity index (χ3n) is 4.17. The summed E-state index contributed by atoms with van der Waals surface area (Å²) in [5, 5.41) is 2.71. The number of benzene rings is 2. The first-order chi connectivity index (χ1) is 14.4. The summed E-state index contributed by atoms with van der Waals surface area (Å²) in [6.45, 7) is 0.740. The Morgan fingerprint density at radius 2 is 1.53 bits per heavy atom. The van der Waals surface area contributed by atoms with Crippen molar-refractivity contribution in [1.29, 1.82) is 0 Å². The molecule has 0 saturated carbocycles. The quantitative estimate of drug-likeness (QED) is 0.518. The van der Waals surface area contributed by atoms with Crippen LogP contribution < -0.4 is 24.2 Å². The van der Waals surface area contributed by atoms with Gasteiger partial charge in [0.2, 0.25) is 15.8 Å². The van der Waals surface area contributed by atoms with Gasteiger partial charge in [0, 0.05) is 31.5 Å². The van der Waals surface area contributed by atoms with E-state index in [9.17, 15) is 13.2 Å². The molecule has 0 unspecified atom stereocenters. The minimum Gasteiger partial charge on any atom is -0.493 e. The van der Waals surface area contributed by atoms with Crippen LogP contribution in [0.2, 0.25) is 0 Å². The van der Waals surface area contributed by atoms with Crippen LogP contribution in [0.25, 0.3) is 0 Å². The van der Waals surface area contributed by atoms with Crippen LogP contribution in [0.3, 0.4) is 0 Å². The molecule has 0 bridgehead atoms. The van der Waals surface area contributed by atoms with Gasteiger partial charge >= 0.3 is 0 Å². The summed E-state index contributed by atoms with van der Waals surface area (Å²) in [6, 6.07) is 8.92. The SMILES string of the molecule is COCCCNS(=O)(=O)c1ccc(NC(=O)c2cc(OC)c(OC)c(OC)c2)cc1. The van der Waals surface area contributed by atoms with E-state index in [2.05, 4.69) is 10.0 Å². The van der Waals surface area contributed by atoms with Gasteiger partial charge < -0.3 is 24.3 Å². The smallest absolute Gasteiger partial charge is 0.255 e. The van der Waals surface area contributed by atoms with Crippen LogP contribution in [0, 0.1) is 0 Å². The molecule has 2 rings (SSSR count). The maximum atomic E-state index is 12.6. The zero-order valence-electron chi connectivity index (χ0n) is 17.4. The minimum atomic E-state index is -3.63. The number of hydrogen-bond acceptors (Lipinski definition) is 7. The number of nitrogens with one attached hydrogen (secondary N) is 2. The Balaban J connectivity index is 2.13. The lowest BCUT2D eigenvalue weighted by Gasteiger charge is -2.14. The molecule has 10 heteroatoms. The van der Waals surface area contributed by atoms with E-state index in [1.807, 2.05) is 0 Å². The highest BCUT2D eigenvalue weighted by Crippen LogP contribution is 2.38. The summed E-state index contributed by atoms with van der Waals surface area (Å²) in [6.07, 6.45) is 0.568. The first-order valence-electron chi connectivity index (χ1n) is 9.06. The second kappa shape index (κ2) is 10.8. The van der Waals surface area contributed by atoms with E-state index in [1.165, 1.54) is 57.7 Å². The summed E-state index contributed by atoms with van der Waals surface area (Å²) in [5.41, 5.74) is 0.730. The highest BCUT2D eigenvalue weighted by molar-refractivity contribution is 7.89. The third kappa shape index (κ3) is 5.85. The monoisotopic (exact) mass is 438 g/mol. The van der Waals surface area contributed by atoms with Crippen molar-refractivity contribution in [3.8, 4) is 17.2 Å². The van der Waals surface area contributed by atoms with Gasteiger partial charge in [-0.3, -0.25) is 4.79 Å². The maximum Gasteiger partial charge on any atom is 0.255 e. The molecule has 164 valence electrons. The van der Waals surface area contributed by atoms with Crippen LogP contribution in [-0.4, -0.2) is 55.9 Å². The second-order valence-corrected chi connectivity index (χ2v) is 7.90. The number of hydrogen-bond donors (Lipinski definition) is 2. The van der Waals surface area contributed by atoms with E-state index in [1.54, 1.807) is 7.11 Å². The largest absolute Gasteiger partial charge is 0.493 e. The topological polar surface area (TPSA) is 112 Å². The highest BCUT2D eigenvalue weighted by Gasteiger charge is 2.18. The predicted octanol–water partition coefficient (Wildman–Crippen LogP) is 2.28. The standard InChI is InChI=1S/C20H26N2O7S/c1-26-11-5-10-21-30(24,25)16-8-6-15(7-9-16)22-20(23)14-12-17(27-2)19(29-4)18(13-14)28-3/h6-9,12-13,21H,5,10-11H2,1-4H3,(H,22,23). The van der Waals surface area contributed by atoms with Crippen molar-refractivity contribution in [2.45, 2.75) is 11.3 Å². The number of rotatable bonds is 11. The molecule has 2 N–H and O–H groups in total. The molecule has 0 saturated heterocycles. The molecule has 2 aromatic rings. The van der Waals surface area contributed by atoms with E-state index < -0.39 is 15.9 Å². The molecule has 2 aromatic carbocycles. The molecular formula is C20H26N2O7S. The summed E-state index contributed by atoms with van der Waals surface area (Å²) in [7, 11) is 2.32. The van der Waals surface area contributed by atoms with Crippen LogP contribution in [0.4, 0.5) is 5.69 Å². The van der Waals surface area contributed by atoms with Gasteiger partial charge in [-0.1, -0.05) is 0 Å². The molecule has 0 atom stereocenters. The normalized spacial score (nSPS) is 11.1. The lowest BCUT2D eigenvalue weighted by atomic mass is 10.1. The Bertz CT molecular complexity index is 935. The average molecular weight is 439 g/mol. The van der Waals surface area contributed by atoms with Crippen molar-refractivity contribution in [3.05, 3.63) is 42.0 Å². The van der Waals surface area contributed by atoms with Gasteiger partial charge in [0.05, 0.1) is 26.2 Å². The lowest BCUT2D eigenvalue weighted by molar-refractivity contribution is 0.102. The summed E-state index contributed by atoms with van der Waals surface area (Å²) in [4.78, 5) is 12.7. The van der Waals surface area contributed by atoms with Crippen LogP contribution in [-0.2, 0) is 14.8 Å². The molecule has 0 aliphatic carbocycles. The molecule has 9 nitrogen and oxygen atoms in total. The number of methoxy groups -OCH3 is 4. The number of anilines is 1. The van der Waals surface area contributed by atoms with Gasteiger partial charge in [0.15, 0.2) is 11.5 Å². The molecule has 0 aliphatic heterocycles. The average Bonchev–Trinajstić information content (AvgIpc) is 2.75. The molecule has 30 heavy (non-hydrogen) atoms. The van der Waals surface area contributed by atoms with Crippen molar-refractivity contribution in [1.82, 2.24) is 4.72 Å².